The number of hydrogen-bond donors (Lipinski definition) is 1. The van der Waals surface area contributed by atoms with Gasteiger partial charge in [0.15, 0.2) is 0 Å². The van der Waals surface area contributed by atoms with E-state index >= 15 is 0 Å². The van der Waals surface area contributed by atoms with Crippen molar-refractivity contribution in [2.45, 2.75) is 25.7 Å². The van der Waals surface area contributed by atoms with Crippen molar-refractivity contribution in [1.82, 2.24) is 9.55 Å². The zero-order valence-corrected chi connectivity index (χ0v) is 19.6. The Kier molecular flexibility index (Phi) is 6.25. The standard InChI is InChI=1S/C28H21F4N3O2/c1-16-8-19(4-6-33-16)27-24-11-17(2-3-20(24)14-34-27)18-5-7-35(26(37)12-18)25(15-36)21-9-22(28(30,31)32)13-23(29)10-21/h2-13,25,36H,14-15H2,1H3/t25-/m1/s1. The number of rotatable bonds is 5. The van der Waals surface area contributed by atoms with Crippen LogP contribution in [0.3, 0.4) is 0 Å². The molecule has 4 aromatic rings. The van der Waals surface area contributed by atoms with Gasteiger partial charge in [-0.25, -0.2) is 4.39 Å². The molecule has 1 N–H and O–H groups in total. The van der Waals surface area contributed by atoms with Gasteiger partial charge in [-0.1, -0.05) is 12.1 Å². The van der Waals surface area contributed by atoms with Crippen LogP contribution in [0, 0.1) is 12.7 Å². The highest BCUT2D eigenvalue weighted by Crippen LogP contribution is 2.33. The summed E-state index contributed by atoms with van der Waals surface area (Å²) in [5, 5.41) is 9.91. The van der Waals surface area contributed by atoms with Crippen LogP contribution >= 0.6 is 0 Å². The van der Waals surface area contributed by atoms with Gasteiger partial charge in [-0.15, -0.1) is 0 Å². The lowest BCUT2D eigenvalue weighted by Gasteiger charge is -2.20. The highest BCUT2D eigenvalue weighted by molar-refractivity contribution is 6.15. The van der Waals surface area contributed by atoms with Gasteiger partial charge in [0, 0.05) is 35.3 Å². The zero-order valence-electron chi connectivity index (χ0n) is 19.6. The molecule has 0 saturated heterocycles. The van der Waals surface area contributed by atoms with E-state index in [4.69, 9.17) is 0 Å². The monoisotopic (exact) mass is 507 g/mol. The highest BCUT2D eigenvalue weighted by atomic mass is 19.4. The normalized spacial score (nSPS) is 13.8. The van der Waals surface area contributed by atoms with Crippen molar-refractivity contribution in [2.24, 2.45) is 4.99 Å². The van der Waals surface area contributed by atoms with E-state index in [-0.39, 0.29) is 5.56 Å². The number of hydrogen-bond acceptors (Lipinski definition) is 4. The average molecular weight is 507 g/mol. The number of fused-ring (bicyclic) bond motifs is 1. The summed E-state index contributed by atoms with van der Waals surface area (Å²) in [6, 6.07) is 13.4. The predicted octanol–water partition coefficient (Wildman–Crippen LogP) is 5.31. The van der Waals surface area contributed by atoms with E-state index in [0.29, 0.717) is 18.2 Å². The SMILES string of the molecule is Cc1cc(C2=NCc3ccc(-c4ccn([C@H](CO)c5cc(F)cc(C(F)(F)F)c5)c(=O)c4)cc32)ccn1. The van der Waals surface area contributed by atoms with Crippen molar-refractivity contribution in [3.05, 3.63) is 123 Å². The molecule has 0 unspecified atom stereocenters. The number of pyridine rings is 2. The minimum absolute atomic E-state index is 0.157. The summed E-state index contributed by atoms with van der Waals surface area (Å²) in [5.41, 5.74) is 4.10. The molecule has 0 amide bonds. The topological polar surface area (TPSA) is 67.5 Å². The van der Waals surface area contributed by atoms with Crippen LogP contribution < -0.4 is 5.56 Å². The van der Waals surface area contributed by atoms with Gasteiger partial charge in [0.25, 0.3) is 5.56 Å². The maximum absolute atomic E-state index is 14.0. The van der Waals surface area contributed by atoms with Gasteiger partial charge >= 0.3 is 6.18 Å². The second-order valence-electron chi connectivity index (χ2n) is 8.85. The summed E-state index contributed by atoms with van der Waals surface area (Å²) < 4.78 is 54.6. The molecular formula is C28H21F4N3O2. The Morgan fingerprint density at radius 2 is 1.78 bits per heavy atom. The molecule has 0 saturated carbocycles. The molecule has 37 heavy (non-hydrogen) atoms. The van der Waals surface area contributed by atoms with Gasteiger partial charge in [0.1, 0.15) is 5.82 Å². The third-order valence-corrected chi connectivity index (χ3v) is 6.37. The molecule has 9 heteroatoms. The number of aliphatic hydroxyl groups is 1. The predicted molar refractivity (Wildman–Crippen MR) is 131 cm³/mol. The van der Waals surface area contributed by atoms with Crippen LogP contribution in [0.4, 0.5) is 17.6 Å². The Bertz CT molecular complexity index is 1590. The summed E-state index contributed by atoms with van der Waals surface area (Å²) >= 11 is 0. The van der Waals surface area contributed by atoms with Crippen molar-refractivity contribution in [2.75, 3.05) is 6.61 Å². The molecule has 0 radical (unpaired) electrons. The third-order valence-electron chi connectivity index (χ3n) is 6.37. The Morgan fingerprint density at radius 3 is 2.49 bits per heavy atom. The van der Waals surface area contributed by atoms with Crippen LogP contribution in [-0.4, -0.2) is 27.0 Å². The van der Waals surface area contributed by atoms with Gasteiger partial charge in [-0.3, -0.25) is 14.8 Å². The number of aliphatic imine (C=N–C) groups is 1. The molecule has 0 spiro atoms. The molecule has 1 aliphatic heterocycles. The van der Waals surface area contributed by atoms with Crippen molar-refractivity contribution in [3.8, 4) is 11.1 Å². The van der Waals surface area contributed by atoms with Crippen molar-refractivity contribution in [1.29, 1.82) is 0 Å². The van der Waals surface area contributed by atoms with E-state index in [9.17, 15) is 27.5 Å². The van der Waals surface area contributed by atoms with Crippen LogP contribution in [0.1, 0.15) is 39.6 Å². The first-order valence-electron chi connectivity index (χ1n) is 11.5. The maximum Gasteiger partial charge on any atom is 0.416 e. The number of halogens is 4. The minimum atomic E-state index is -4.77. The second-order valence-corrected chi connectivity index (χ2v) is 8.85. The van der Waals surface area contributed by atoms with E-state index in [1.165, 1.54) is 12.3 Å². The molecule has 0 aliphatic carbocycles. The van der Waals surface area contributed by atoms with E-state index < -0.39 is 35.8 Å². The Labute approximate surface area is 209 Å². The van der Waals surface area contributed by atoms with Crippen molar-refractivity contribution in [3.63, 3.8) is 0 Å². The molecule has 188 valence electrons. The highest BCUT2D eigenvalue weighted by Gasteiger charge is 2.32. The number of aliphatic hydroxyl groups excluding tert-OH is 1. The largest absolute Gasteiger partial charge is 0.416 e. The molecule has 0 fully saturated rings. The quantitative estimate of drug-likeness (QED) is 0.373. The van der Waals surface area contributed by atoms with Crippen LogP contribution in [0.25, 0.3) is 11.1 Å². The fourth-order valence-electron chi connectivity index (χ4n) is 4.55. The number of alkyl halides is 3. The first kappa shape index (κ1) is 24.6. The van der Waals surface area contributed by atoms with E-state index in [2.05, 4.69) is 9.98 Å². The number of benzene rings is 2. The molecule has 5 nitrogen and oxygen atoms in total. The van der Waals surface area contributed by atoms with Crippen molar-refractivity contribution >= 4 is 5.71 Å². The van der Waals surface area contributed by atoms with Gasteiger partial charge in [0.2, 0.25) is 0 Å². The molecule has 2 aromatic carbocycles. The first-order chi connectivity index (χ1) is 17.6. The fourth-order valence-corrected chi connectivity index (χ4v) is 4.55. The zero-order chi connectivity index (χ0) is 26.3. The third kappa shape index (κ3) is 4.82. The van der Waals surface area contributed by atoms with Gasteiger partial charge in [-0.05, 0) is 71.6 Å². The molecule has 3 heterocycles. The second kappa shape index (κ2) is 9.40. The fraction of sp³-hybridized carbons (Fsp3) is 0.179. The van der Waals surface area contributed by atoms with Crippen LogP contribution in [0.15, 0.2) is 82.8 Å². The Balaban J connectivity index is 1.50. The van der Waals surface area contributed by atoms with Crippen LogP contribution in [0.2, 0.25) is 0 Å². The van der Waals surface area contributed by atoms with E-state index in [1.54, 1.807) is 12.3 Å². The molecule has 1 atom stereocenters. The first-order valence-corrected chi connectivity index (χ1v) is 11.5. The molecule has 1 aliphatic rings. The summed E-state index contributed by atoms with van der Waals surface area (Å²) in [6.45, 7) is 1.75. The summed E-state index contributed by atoms with van der Waals surface area (Å²) in [7, 11) is 0. The van der Waals surface area contributed by atoms with E-state index in [1.807, 2.05) is 37.3 Å². The van der Waals surface area contributed by atoms with E-state index in [0.717, 1.165) is 50.4 Å². The number of aromatic nitrogens is 2. The number of aryl methyl sites for hydroxylation is 1. The van der Waals surface area contributed by atoms with Gasteiger partial charge in [-0.2, -0.15) is 13.2 Å². The van der Waals surface area contributed by atoms with Crippen molar-refractivity contribution < 1.29 is 22.7 Å². The van der Waals surface area contributed by atoms with Gasteiger partial charge < -0.3 is 9.67 Å². The molecular weight excluding hydrogens is 486 g/mol. The lowest BCUT2D eigenvalue weighted by atomic mass is 9.95. The lowest BCUT2D eigenvalue weighted by molar-refractivity contribution is -0.137. The summed E-state index contributed by atoms with van der Waals surface area (Å²) in [6.07, 6.45) is -1.65. The average Bonchev–Trinajstić information content (AvgIpc) is 3.28. The summed E-state index contributed by atoms with van der Waals surface area (Å²) in [5.74, 6) is -1.10. The van der Waals surface area contributed by atoms with Crippen LogP contribution in [0.5, 0.6) is 0 Å². The van der Waals surface area contributed by atoms with Gasteiger partial charge in [0.05, 0.1) is 30.5 Å². The minimum Gasteiger partial charge on any atom is -0.394 e. The number of nitrogens with zero attached hydrogens (tertiary/aromatic N) is 3. The summed E-state index contributed by atoms with van der Waals surface area (Å²) in [4.78, 5) is 21.9. The molecule has 5 rings (SSSR count). The molecule has 2 aromatic heterocycles. The smallest absolute Gasteiger partial charge is 0.394 e. The lowest BCUT2D eigenvalue weighted by Crippen LogP contribution is -2.27. The molecule has 0 bridgehead atoms. The Hall–Kier alpha value is -4.11. The maximum atomic E-state index is 14.0. The van der Waals surface area contributed by atoms with Crippen LogP contribution in [-0.2, 0) is 12.7 Å². The Morgan fingerprint density at radius 1 is 1.00 bits per heavy atom.